The molecule has 28 heavy (non-hydrogen) atoms. The SMILES string of the molecule is CC(C)c1c(OCc2ccccc2)cc(OCc2ccccc2)cc1C(=O)O. The van der Waals surface area contributed by atoms with Crippen LogP contribution in [0.1, 0.15) is 46.8 Å². The third-order valence-electron chi connectivity index (χ3n) is 4.41. The van der Waals surface area contributed by atoms with Crippen molar-refractivity contribution in [2.75, 3.05) is 0 Å². The van der Waals surface area contributed by atoms with E-state index in [4.69, 9.17) is 9.47 Å². The second kappa shape index (κ2) is 9.09. The number of hydrogen-bond donors (Lipinski definition) is 1. The molecule has 3 aromatic carbocycles. The maximum absolute atomic E-state index is 11.9. The molecular weight excluding hydrogens is 352 g/mol. The van der Waals surface area contributed by atoms with Gasteiger partial charge in [0.25, 0.3) is 0 Å². The monoisotopic (exact) mass is 376 g/mol. The summed E-state index contributed by atoms with van der Waals surface area (Å²) in [7, 11) is 0. The van der Waals surface area contributed by atoms with E-state index in [0.29, 0.717) is 30.3 Å². The Morgan fingerprint density at radius 3 is 1.89 bits per heavy atom. The summed E-state index contributed by atoms with van der Waals surface area (Å²) in [4.78, 5) is 11.9. The molecule has 4 heteroatoms. The summed E-state index contributed by atoms with van der Waals surface area (Å²) in [5.41, 5.74) is 2.92. The number of carbonyl (C=O) groups is 1. The van der Waals surface area contributed by atoms with Crippen LogP contribution in [-0.4, -0.2) is 11.1 Å². The Balaban J connectivity index is 1.90. The number of aromatic carboxylic acids is 1. The highest BCUT2D eigenvalue weighted by Crippen LogP contribution is 2.35. The number of carboxylic acid groups (broad SMARTS) is 1. The zero-order valence-electron chi connectivity index (χ0n) is 16.1. The minimum atomic E-state index is -0.988. The first-order valence-corrected chi connectivity index (χ1v) is 9.29. The van der Waals surface area contributed by atoms with Gasteiger partial charge in [0, 0.05) is 11.6 Å². The van der Waals surface area contributed by atoms with Crippen LogP contribution in [0.3, 0.4) is 0 Å². The Hall–Kier alpha value is -3.27. The van der Waals surface area contributed by atoms with E-state index in [-0.39, 0.29) is 11.5 Å². The maximum Gasteiger partial charge on any atom is 0.336 e. The molecule has 0 radical (unpaired) electrons. The Kier molecular flexibility index (Phi) is 6.33. The lowest BCUT2D eigenvalue weighted by molar-refractivity contribution is 0.0694. The van der Waals surface area contributed by atoms with Crippen LogP contribution in [0.4, 0.5) is 0 Å². The summed E-state index contributed by atoms with van der Waals surface area (Å²) in [6.07, 6.45) is 0. The van der Waals surface area contributed by atoms with E-state index in [1.54, 1.807) is 12.1 Å². The topological polar surface area (TPSA) is 55.8 Å². The van der Waals surface area contributed by atoms with Crippen LogP contribution in [0.2, 0.25) is 0 Å². The van der Waals surface area contributed by atoms with Crippen LogP contribution in [0.25, 0.3) is 0 Å². The molecule has 0 spiro atoms. The number of rotatable bonds is 8. The van der Waals surface area contributed by atoms with Gasteiger partial charge in [-0.05, 0) is 23.1 Å². The van der Waals surface area contributed by atoms with Crippen molar-refractivity contribution in [1.29, 1.82) is 0 Å². The summed E-state index contributed by atoms with van der Waals surface area (Å²) in [6, 6.07) is 22.9. The summed E-state index contributed by atoms with van der Waals surface area (Å²) < 4.78 is 11.9. The van der Waals surface area contributed by atoms with Crippen molar-refractivity contribution in [2.24, 2.45) is 0 Å². The minimum Gasteiger partial charge on any atom is -0.489 e. The van der Waals surface area contributed by atoms with Gasteiger partial charge in [0.05, 0.1) is 5.56 Å². The van der Waals surface area contributed by atoms with Crippen LogP contribution in [-0.2, 0) is 13.2 Å². The smallest absolute Gasteiger partial charge is 0.336 e. The molecule has 0 aliphatic carbocycles. The molecule has 0 amide bonds. The van der Waals surface area contributed by atoms with Crippen molar-refractivity contribution >= 4 is 5.97 Å². The van der Waals surface area contributed by atoms with Gasteiger partial charge in [-0.1, -0.05) is 74.5 Å². The van der Waals surface area contributed by atoms with E-state index in [1.807, 2.05) is 74.5 Å². The molecule has 144 valence electrons. The van der Waals surface area contributed by atoms with E-state index in [9.17, 15) is 9.90 Å². The molecule has 4 nitrogen and oxygen atoms in total. The fraction of sp³-hybridized carbons (Fsp3) is 0.208. The minimum absolute atomic E-state index is 0.0000432. The highest BCUT2D eigenvalue weighted by Gasteiger charge is 2.20. The molecule has 0 heterocycles. The Labute approximate surface area is 165 Å². The Morgan fingerprint density at radius 2 is 1.39 bits per heavy atom. The first-order valence-electron chi connectivity index (χ1n) is 9.29. The van der Waals surface area contributed by atoms with Crippen LogP contribution in [0.15, 0.2) is 72.8 Å². The molecule has 0 saturated carbocycles. The number of benzene rings is 3. The first kappa shape index (κ1) is 19.5. The van der Waals surface area contributed by atoms with Crippen molar-refractivity contribution in [3.63, 3.8) is 0 Å². The number of hydrogen-bond acceptors (Lipinski definition) is 3. The van der Waals surface area contributed by atoms with Gasteiger partial charge in [-0.15, -0.1) is 0 Å². The summed E-state index contributed by atoms with van der Waals surface area (Å²) in [5.74, 6) is 0.0361. The van der Waals surface area contributed by atoms with E-state index in [0.717, 1.165) is 11.1 Å². The van der Waals surface area contributed by atoms with Crippen LogP contribution in [0, 0.1) is 0 Å². The predicted molar refractivity (Wildman–Crippen MR) is 109 cm³/mol. The van der Waals surface area contributed by atoms with E-state index in [2.05, 4.69) is 0 Å². The predicted octanol–water partition coefficient (Wildman–Crippen LogP) is 5.67. The second-order valence-corrected chi connectivity index (χ2v) is 6.89. The van der Waals surface area contributed by atoms with Gasteiger partial charge in [-0.2, -0.15) is 0 Å². The molecule has 3 rings (SSSR count). The third-order valence-corrected chi connectivity index (χ3v) is 4.41. The van der Waals surface area contributed by atoms with Crippen LogP contribution in [0.5, 0.6) is 11.5 Å². The highest BCUT2D eigenvalue weighted by atomic mass is 16.5. The van der Waals surface area contributed by atoms with Crippen LogP contribution < -0.4 is 9.47 Å². The molecular formula is C24H24O4. The Bertz CT molecular complexity index is 918. The van der Waals surface area contributed by atoms with Gasteiger partial charge in [0.15, 0.2) is 0 Å². The van der Waals surface area contributed by atoms with E-state index >= 15 is 0 Å². The number of carboxylic acids is 1. The highest BCUT2D eigenvalue weighted by molar-refractivity contribution is 5.91. The molecule has 0 saturated heterocycles. The lowest BCUT2D eigenvalue weighted by Crippen LogP contribution is -2.09. The lowest BCUT2D eigenvalue weighted by Gasteiger charge is -2.19. The maximum atomic E-state index is 11.9. The van der Waals surface area contributed by atoms with Gasteiger partial charge in [0.1, 0.15) is 24.7 Å². The quantitative estimate of drug-likeness (QED) is 0.551. The summed E-state index contributed by atoms with van der Waals surface area (Å²) in [5, 5.41) is 9.72. The molecule has 1 N–H and O–H groups in total. The van der Waals surface area contributed by atoms with Crippen molar-refractivity contribution in [3.8, 4) is 11.5 Å². The van der Waals surface area contributed by atoms with Crippen LogP contribution >= 0.6 is 0 Å². The molecule has 0 aliphatic rings. The zero-order valence-corrected chi connectivity index (χ0v) is 16.1. The molecule has 0 atom stereocenters. The molecule has 0 bridgehead atoms. The van der Waals surface area contributed by atoms with Gasteiger partial charge in [-0.25, -0.2) is 4.79 Å². The second-order valence-electron chi connectivity index (χ2n) is 6.89. The summed E-state index contributed by atoms with van der Waals surface area (Å²) in [6.45, 7) is 4.64. The zero-order chi connectivity index (χ0) is 19.9. The molecule has 0 aromatic heterocycles. The Morgan fingerprint density at radius 1 is 0.857 bits per heavy atom. The van der Waals surface area contributed by atoms with Gasteiger partial charge in [0.2, 0.25) is 0 Å². The van der Waals surface area contributed by atoms with Crippen molar-refractivity contribution < 1.29 is 19.4 Å². The average Bonchev–Trinajstić information content (AvgIpc) is 2.71. The molecule has 0 unspecified atom stereocenters. The fourth-order valence-electron chi connectivity index (χ4n) is 3.05. The third kappa shape index (κ3) is 4.92. The standard InChI is InChI=1S/C24H24O4/c1-17(2)23-21(24(25)26)13-20(27-15-18-9-5-3-6-10-18)14-22(23)28-16-19-11-7-4-8-12-19/h3-14,17H,15-16H2,1-2H3,(H,25,26). The molecule has 0 fully saturated rings. The van der Waals surface area contributed by atoms with Crippen molar-refractivity contribution in [3.05, 3.63) is 95.1 Å². The van der Waals surface area contributed by atoms with E-state index < -0.39 is 5.97 Å². The van der Waals surface area contributed by atoms with Crippen molar-refractivity contribution in [2.45, 2.75) is 33.0 Å². The summed E-state index contributed by atoms with van der Waals surface area (Å²) >= 11 is 0. The van der Waals surface area contributed by atoms with Crippen molar-refractivity contribution in [1.82, 2.24) is 0 Å². The number of ether oxygens (including phenoxy) is 2. The largest absolute Gasteiger partial charge is 0.489 e. The van der Waals surface area contributed by atoms with Gasteiger partial charge < -0.3 is 14.6 Å². The molecule has 0 aliphatic heterocycles. The average molecular weight is 376 g/mol. The normalized spacial score (nSPS) is 10.7. The fourth-order valence-corrected chi connectivity index (χ4v) is 3.05. The van der Waals surface area contributed by atoms with Gasteiger partial charge in [-0.3, -0.25) is 0 Å². The lowest BCUT2D eigenvalue weighted by atomic mass is 9.95. The van der Waals surface area contributed by atoms with Gasteiger partial charge >= 0.3 is 5.97 Å². The first-order chi connectivity index (χ1) is 13.5. The molecule has 3 aromatic rings. The van der Waals surface area contributed by atoms with E-state index in [1.165, 1.54) is 0 Å².